The lowest BCUT2D eigenvalue weighted by Crippen LogP contribution is -2.35. The third kappa shape index (κ3) is 2.56. The molecule has 1 aromatic heterocycles. The van der Waals surface area contributed by atoms with E-state index < -0.39 is 0 Å². The molecule has 0 aliphatic rings. The standard InChI is InChI=1S/C9H16N4O/c1-4-13-6-5-8(12-13)11-9(14)7(2)10-3/h5-7,10H,4H2,1-3H3,(H,11,12,14)/t7-/m0/s1. The molecule has 2 N–H and O–H groups in total. The molecular weight excluding hydrogens is 180 g/mol. The first-order chi connectivity index (χ1) is 6.67. The second-order valence-electron chi connectivity index (χ2n) is 3.06. The van der Waals surface area contributed by atoms with Gasteiger partial charge in [-0.05, 0) is 20.9 Å². The number of aryl methyl sites for hydroxylation is 1. The second-order valence-corrected chi connectivity index (χ2v) is 3.06. The maximum Gasteiger partial charge on any atom is 0.242 e. The van der Waals surface area contributed by atoms with Gasteiger partial charge in [-0.1, -0.05) is 0 Å². The number of nitrogens with one attached hydrogen (secondary N) is 2. The summed E-state index contributed by atoms with van der Waals surface area (Å²) in [6, 6.07) is 1.57. The average molecular weight is 196 g/mol. The number of carbonyl (C=O) groups excluding carboxylic acids is 1. The van der Waals surface area contributed by atoms with Crippen LogP contribution in [0.2, 0.25) is 0 Å². The molecule has 0 unspecified atom stereocenters. The van der Waals surface area contributed by atoms with Crippen LogP contribution >= 0.6 is 0 Å². The number of likely N-dealkylation sites (N-methyl/N-ethyl adjacent to an activating group) is 1. The Hall–Kier alpha value is -1.36. The lowest BCUT2D eigenvalue weighted by atomic mass is 10.3. The van der Waals surface area contributed by atoms with Gasteiger partial charge >= 0.3 is 0 Å². The van der Waals surface area contributed by atoms with E-state index in [4.69, 9.17) is 0 Å². The molecule has 0 aliphatic heterocycles. The Balaban J connectivity index is 2.56. The summed E-state index contributed by atoms with van der Waals surface area (Å²) >= 11 is 0. The van der Waals surface area contributed by atoms with E-state index in [0.29, 0.717) is 5.82 Å². The average Bonchev–Trinajstić information content (AvgIpc) is 2.64. The molecular formula is C9H16N4O. The highest BCUT2D eigenvalue weighted by atomic mass is 16.2. The highest BCUT2D eigenvalue weighted by molar-refractivity contribution is 5.93. The van der Waals surface area contributed by atoms with Gasteiger partial charge in [0.1, 0.15) is 0 Å². The van der Waals surface area contributed by atoms with E-state index in [2.05, 4.69) is 15.7 Å². The largest absolute Gasteiger partial charge is 0.309 e. The van der Waals surface area contributed by atoms with Crippen molar-refractivity contribution in [3.63, 3.8) is 0 Å². The fraction of sp³-hybridized carbons (Fsp3) is 0.556. The maximum atomic E-state index is 11.4. The third-order valence-electron chi connectivity index (χ3n) is 2.04. The van der Waals surface area contributed by atoms with Crippen LogP contribution in [0.15, 0.2) is 12.3 Å². The monoisotopic (exact) mass is 196 g/mol. The van der Waals surface area contributed by atoms with Gasteiger partial charge in [-0.3, -0.25) is 9.48 Å². The molecule has 5 heteroatoms. The molecule has 0 spiro atoms. The molecule has 0 saturated carbocycles. The second kappa shape index (κ2) is 4.76. The van der Waals surface area contributed by atoms with Crippen LogP contribution in [-0.2, 0) is 11.3 Å². The van der Waals surface area contributed by atoms with Gasteiger partial charge in [-0.25, -0.2) is 0 Å². The van der Waals surface area contributed by atoms with Gasteiger partial charge in [0.2, 0.25) is 5.91 Å². The van der Waals surface area contributed by atoms with Crippen molar-refractivity contribution < 1.29 is 4.79 Å². The summed E-state index contributed by atoms with van der Waals surface area (Å²) in [6.07, 6.45) is 1.83. The molecule has 1 rings (SSSR count). The van der Waals surface area contributed by atoms with E-state index in [1.165, 1.54) is 0 Å². The van der Waals surface area contributed by atoms with E-state index in [1.54, 1.807) is 24.7 Å². The molecule has 1 aromatic rings. The maximum absolute atomic E-state index is 11.4. The van der Waals surface area contributed by atoms with Crippen molar-refractivity contribution in [2.24, 2.45) is 0 Å². The summed E-state index contributed by atoms with van der Waals surface area (Å²) < 4.78 is 1.76. The minimum absolute atomic E-state index is 0.0751. The molecule has 0 bridgehead atoms. The molecule has 1 amide bonds. The Bertz CT molecular complexity index is 308. The van der Waals surface area contributed by atoms with Gasteiger partial charge in [0, 0.05) is 18.8 Å². The van der Waals surface area contributed by atoms with Gasteiger partial charge in [-0.15, -0.1) is 0 Å². The topological polar surface area (TPSA) is 59.0 Å². The van der Waals surface area contributed by atoms with Gasteiger partial charge < -0.3 is 10.6 Å². The molecule has 0 saturated heterocycles. The lowest BCUT2D eigenvalue weighted by molar-refractivity contribution is -0.117. The molecule has 0 aromatic carbocycles. The lowest BCUT2D eigenvalue weighted by Gasteiger charge is -2.08. The number of amides is 1. The fourth-order valence-electron chi connectivity index (χ4n) is 0.970. The number of aromatic nitrogens is 2. The predicted octanol–water partition coefficient (Wildman–Crippen LogP) is 0.449. The highest BCUT2D eigenvalue weighted by Gasteiger charge is 2.10. The summed E-state index contributed by atoms with van der Waals surface area (Å²) in [5, 5.41) is 9.72. The van der Waals surface area contributed by atoms with Crippen LogP contribution in [0.1, 0.15) is 13.8 Å². The van der Waals surface area contributed by atoms with Crippen LogP contribution in [0.5, 0.6) is 0 Å². The third-order valence-corrected chi connectivity index (χ3v) is 2.04. The van der Waals surface area contributed by atoms with E-state index in [9.17, 15) is 4.79 Å². The van der Waals surface area contributed by atoms with Gasteiger partial charge in [0.05, 0.1) is 6.04 Å². The summed E-state index contributed by atoms with van der Waals surface area (Å²) in [5.41, 5.74) is 0. The summed E-state index contributed by atoms with van der Waals surface area (Å²) in [6.45, 7) is 4.60. The zero-order valence-corrected chi connectivity index (χ0v) is 8.74. The van der Waals surface area contributed by atoms with E-state index in [0.717, 1.165) is 6.54 Å². The number of hydrogen-bond acceptors (Lipinski definition) is 3. The quantitative estimate of drug-likeness (QED) is 0.735. The van der Waals surface area contributed by atoms with Crippen molar-refractivity contribution in [1.82, 2.24) is 15.1 Å². The van der Waals surface area contributed by atoms with Crippen molar-refractivity contribution in [2.45, 2.75) is 26.4 Å². The van der Waals surface area contributed by atoms with Crippen molar-refractivity contribution in [1.29, 1.82) is 0 Å². The SMILES string of the molecule is CCn1ccc(NC(=O)[C@H](C)NC)n1. The molecule has 5 nitrogen and oxygen atoms in total. The molecule has 0 aliphatic carbocycles. The first-order valence-electron chi connectivity index (χ1n) is 4.69. The highest BCUT2D eigenvalue weighted by Crippen LogP contribution is 2.02. The molecule has 1 heterocycles. The smallest absolute Gasteiger partial charge is 0.242 e. The van der Waals surface area contributed by atoms with Crippen LogP contribution in [0.25, 0.3) is 0 Å². The summed E-state index contributed by atoms with van der Waals surface area (Å²) in [7, 11) is 1.74. The Morgan fingerprint density at radius 1 is 1.71 bits per heavy atom. The van der Waals surface area contributed by atoms with Crippen molar-refractivity contribution in [2.75, 3.05) is 12.4 Å². The van der Waals surface area contributed by atoms with Crippen LogP contribution < -0.4 is 10.6 Å². The Labute approximate surface area is 83.5 Å². The van der Waals surface area contributed by atoms with Crippen molar-refractivity contribution in [3.05, 3.63) is 12.3 Å². The van der Waals surface area contributed by atoms with Gasteiger partial charge in [0.25, 0.3) is 0 Å². The first-order valence-corrected chi connectivity index (χ1v) is 4.69. The number of rotatable bonds is 4. The minimum Gasteiger partial charge on any atom is -0.309 e. The number of nitrogens with zero attached hydrogens (tertiary/aromatic N) is 2. The Morgan fingerprint density at radius 2 is 2.43 bits per heavy atom. The van der Waals surface area contributed by atoms with Crippen LogP contribution in [0, 0.1) is 0 Å². The van der Waals surface area contributed by atoms with E-state index in [1.807, 2.05) is 13.1 Å². The number of hydrogen-bond donors (Lipinski definition) is 2. The first kappa shape index (κ1) is 10.7. The number of carbonyl (C=O) groups is 1. The van der Waals surface area contributed by atoms with Gasteiger partial charge in [-0.2, -0.15) is 5.10 Å². The van der Waals surface area contributed by atoms with Crippen LogP contribution in [-0.4, -0.2) is 28.8 Å². The zero-order valence-electron chi connectivity index (χ0n) is 8.74. The van der Waals surface area contributed by atoms with Crippen molar-refractivity contribution in [3.8, 4) is 0 Å². The molecule has 1 atom stereocenters. The summed E-state index contributed by atoms with van der Waals surface area (Å²) in [5.74, 6) is 0.521. The van der Waals surface area contributed by atoms with Crippen LogP contribution in [0.4, 0.5) is 5.82 Å². The molecule has 14 heavy (non-hydrogen) atoms. The Morgan fingerprint density at radius 3 is 2.93 bits per heavy atom. The van der Waals surface area contributed by atoms with Crippen molar-refractivity contribution >= 4 is 11.7 Å². The van der Waals surface area contributed by atoms with Crippen LogP contribution in [0.3, 0.4) is 0 Å². The van der Waals surface area contributed by atoms with Gasteiger partial charge in [0.15, 0.2) is 5.82 Å². The van der Waals surface area contributed by atoms with E-state index in [-0.39, 0.29) is 11.9 Å². The normalized spacial score (nSPS) is 12.5. The zero-order chi connectivity index (χ0) is 10.6. The molecule has 0 radical (unpaired) electrons. The summed E-state index contributed by atoms with van der Waals surface area (Å²) in [4.78, 5) is 11.4. The van der Waals surface area contributed by atoms with E-state index >= 15 is 0 Å². The predicted molar refractivity (Wildman–Crippen MR) is 55.1 cm³/mol. The molecule has 0 fully saturated rings. The minimum atomic E-state index is -0.207. The molecule has 78 valence electrons. The fourth-order valence-corrected chi connectivity index (χ4v) is 0.970. The Kier molecular flexibility index (Phi) is 3.64. The number of anilines is 1.